The summed E-state index contributed by atoms with van der Waals surface area (Å²) in [5.41, 5.74) is 3.66. The van der Waals surface area contributed by atoms with Crippen molar-refractivity contribution in [2.24, 2.45) is 17.8 Å². The molecule has 46 heavy (non-hydrogen) atoms. The first kappa shape index (κ1) is 33.0. The van der Waals surface area contributed by atoms with Gasteiger partial charge in [-0.3, -0.25) is 14.3 Å². The van der Waals surface area contributed by atoms with Crippen LogP contribution in [0.15, 0.2) is 48.6 Å². The minimum Gasteiger partial charge on any atom is -0.490 e. The van der Waals surface area contributed by atoms with E-state index in [4.69, 9.17) is 16.3 Å². The van der Waals surface area contributed by atoms with Crippen LogP contribution in [0.4, 0.5) is 5.69 Å². The zero-order valence-corrected chi connectivity index (χ0v) is 28.9. The SMILES string of the molecule is C=S1(=O)NC(=O)c2ccc3c(c2)N(C[C@@H]2CC[C@H]2[C@@H](NC(=O)C(C)C)/C=C/CC[C@H]1CC)C[C@@]1(CCCc2cc(Cl)ccc21)CO3. The molecule has 1 spiro atoms. The van der Waals surface area contributed by atoms with Gasteiger partial charge in [-0.15, -0.1) is 0 Å². The lowest BCUT2D eigenvalue weighted by molar-refractivity contribution is -0.125. The molecule has 0 aromatic heterocycles. The van der Waals surface area contributed by atoms with Gasteiger partial charge in [-0.1, -0.05) is 50.6 Å². The standard InChI is InChI=1S/C37H48ClN3O4S/c1-5-29-10-6-7-11-32(39-35(42)24(2)3)30-15-12-27(30)21-41-22-37(18-8-9-25-19-28(38)14-16-31(25)37)23-45-34-17-13-26(20-33(34)41)36(43)40-46(29,4)44/h7,11,13-14,16-17,19-20,24,27,29-30,32H,4-6,8-10,12,15,18,21-23H2,1-3H3,(H,39,42)(H,40,43,44)/b11-7+/t27-,29+,30+,32-,37-,46?/m0/s1. The second-order valence-corrected chi connectivity index (χ2v) is 16.9. The van der Waals surface area contributed by atoms with E-state index in [2.05, 4.69) is 45.1 Å². The van der Waals surface area contributed by atoms with Crippen LogP contribution in [0.25, 0.3) is 0 Å². The van der Waals surface area contributed by atoms with Gasteiger partial charge in [0.15, 0.2) is 0 Å². The molecule has 2 aromatic carbocycles. The van der Waals surface area contributed by atoms with Gasteiger partial charge in [-0.05, 0) is 111 Å². The van der Waals surface area contributed by atoms with Crippen LogP contribution in [0.5, 0.6) is 5.75 Å². The summed E-state index contributed by atoms with van der Waals surface area (Å²) < 4.78 is 23.3. The first-order valence-corrected chi connectivity index (χ1v) is 19.1. The number of rotatable bonds is 3. The van der Waals surface area contributed by atoms with Crippen molar-refractivity contribution in [3.05, 3.63) is 70.3 Å². The molecule has 0 radical (unpaired) electrons. The summed E-state index contributed by atoms with van der Waals surface area (Å²) in [5, 5.41) is 3.83. The number of anilines is 1. The average Bonchev–Trinajstić information content (AvgIpc) is 3.15. The quantitative estimate of drug-likeness (QED) is 0.290. The molecule has 2 N–H and O–H groups in total. The van der Waals surface area contributed by atoms with Crippen LogP contribution < -0.4 is 19.7 Å². The molecule has 2 amide bonds. The van der Waals surface area contributed by atoms with E-state index >= 15 is 0 Å². The highest BCUT2D eigenvalue weighted by atomic mass is 35.5. The van der Waals surface area contributed by atoms with Gasteiger partial charge in [0, 0.05) is 40.3 Å². The van der Waals surface area contributed by atoms with E-state index in [1.807, 2.05) is 39.0 Å². The van der Waals surface area contributed by atoms with E-state index in [-0.39, 0.29) is 34.4 Å². The molecule has 4 aliphatic rings. The molecule has 2 bridgehead atoms. The Morgan fingerprint density at radius 2 is 2.04 bits per heavy atom. The Morgan fingerprint density at radius 1 is 1.22 bits per heavy atom. The first-order chi connectivity index (χ1) is 22.0. The Kier molecular flexibility index (Phi) is 9.50. The summed E-state index contributed by atoms with van der Waals surface area (Å²) in [6, 6.07) is 11.7. The number of carbonyl (C=O) groups is 2. The Bertz CT molecular complexity index is 1620. The molecular formula is C37H48ClN3O4S. The minimum absolute atomic E-state index is 0.0548. The third kappa shape index (κ3) is 6.57. The molecule has 1 saturated carbocycles. The monoisotopic (exact) mass is 665 g/mol. The van der Waals surface area contributed by atoms with Crippen LogP contribution in [-0.2, 0) is 26.3 Å². The summed E-state index contributed by atoms with van der Waals surface area (Å²) in [4.78, 5) is 29.0. The van der Waals surface area contributed by atoms with Gasteiger partial charge in [0.1, 0.15) is 5.75 Å². The number of ether oxygens (including phenoxy) is 1. The van der Waals surface area contributed by atoms with Crippen molar-refractivity contribution in [3.63, 3.8) is 0 Å². The number of nitrogens with one attached hydrogen (secondary N) is 2. The number of amides is 2. The molecule has 2 aliphatic heterocycles. The van der Waals surface area contributed by atoms with Crippen LogP contribution in [0, 0.1) is 17.8 Å². The molecule has 2 aliphatic carbocycles. The van der Waals surface area contributed by atoms with Crippen molar-refractivity contribution in [2.75, 3.05) is 24.6 Å². The lowest BCUT2D eigenvalue weighted by Gasteiger charge is -2.46. The number of allylic oxidation sites excluding steroid dienone is 1. The summed E-state index contributed by atoms with van der Waals surface area (Å²) in [7, 11) is -2.91. The van der Waals surface area contributed by atoms with Gasteiger partial charge < -0.3 is 15.0 Å². The van der Waals surface area contributed by atoms with E-state index in [0.717, 1.165) is 61.7 Å². The fourth-order valence-electron chi connectivity index (χ4n) is 7.95. The number of hydrogen-bond acceptors (Lipinski definition) is 5. The second-order valence-electron chi connectivity index (χ2n) is 14.2. The number of aryl methyl sites for hydroxylation is 1. The Labute approximate surface area is 279 Å². The highest BCUT2D eigenvalue weighted by molar-refractivity contribution is 7.99. The number of nitrogens with zero attached hydrogens (tertiary/aromatic N) is 1. The number of fused-ring (bicyclic) bond motifs is 4. The van der Waals surface area contributed by atoms with Crippen LogP contribution in [0.2, 0.25) is 5.02 Å². The number of halogens is 1. The maximum Gasteiger partial charge on any atom is 0.262 e. The Balaban J connectivity index is 1.42. The largest absolute Gasteiger partial charge is 0.490 e. The first-order valence-electron chi connectivity index (χ1n) is 17.0. The molecule has 2 heterocycles. The third-order valence-electron chi connectivity index (χ3n) is 10.8. The summed E-state index contributed by atoms with van der Waals surface area (Å²) in [6.45, 7) is 7.90. The number of carbonyl (C=O) groups excluding carboxylic acids is 2. The third-order valence-corrected chi connectivity index (χ3v) is 13.2. The molecule has 9 heteroatoms. The van der Waals surface area contributed by atoms with Crippen molar-refractivity contribution in [2.45, 2.75) is 88.8 Å². The van der Waals surface area contributed by atoms with Crippen molar-refractivity contribution < 1.29 is 18.5 Å². The predicted octanol–water partition coefficient (Wildman–Crippen LogP) is 6.47. The molecule has 1 fully saturated rings. The van der Waals surface area contributed by atoms with Crippen LogP contribution in [0.1, 0.15) is 87.2 Å². The Morgan fingerprint density at radius 3 is 2.78 bits per heavy atom. The van der Waals surface area contributed by atoms with Gasteiger partial charge in [0.05, 0.1) is 28.0 Å². The zero-order chi connectivity index (χ0) is 32.6. The van der Waals surface area contributed by atoms with Crippen LogP contribution in [0.3, 0.4) is 0 Å². The van der Waals surface area contributed by atoms with Crippen LogP contribution >= 0.6 is 11.6 Å². The topological polar surface area (TPSA) is 87.7 Å². The molecule has 248 valence electrons. The Hall–Kier alpha value is -2.97. The molecule has 7 nitrogen and oxygen atoms in total. The summed E-state index contributed by atoms with van der Waals surface area (Å²) >= 11 is 6.45. The second kappa shape index (κ2) is 13.3. The van der Waals surface area contributed by atoms with Gasteiger partial charge in [-0.2, -0.15) is 0 Å². The van der Waals surface area contributed by atoms with Gasteiger partial charge in [0.25, 0.3) is 5.91 Å². The zero-order valence-electron chi connectivity index (χ0n) is 27.4. The maximum absolute atomic E-state index is 13.8. The highest BCUT2D eigenvalue weighted by Crippen LogP contribution is 2.47. The van der Waals surface area contributed by atoms with Gasteiger partial charge >= 0.3 is 0 Å². The van der Waals surface area contributed by atoms with E-state index in [1.165, 1.54) is 11.1 Å². The van der Waals surface area contributed by atoms with Crippen molar-refractivity contribution in [1.82, 2.24) is 10.0 Å². The smallest absolute Gasteiger partial charge is 0.262 e. The minimum atomic E-state index is -2.91. The van der Waals surface area contributed by atoms with Crippen molar-refractivity contribution >= 4 is 44.7 Å². The van der Waals surface area contributed by atoms with E-state index < -0.39 is 9.71 Å². The molecule has 1 unspecified atom stereocenters. The predicted molar refractivity (Wildman–Crippen MR) is 188 cm³/mol. The summed E-state index contributed by atoms with van der Waals surface area (Å²) in [5.74, 6) is 4.97. The average molecular weight is 666 g/mol. The van der Waals surface area contributed by atoms with Crippen molar-refractivity contribution in [1.29, 1.82) is 0 Å². The fourth-order valence-corrected chi connectivity index (χ4v) is 9.80. The number of hydrogen-bond donors (Lipinski definition) is 2. The molecular weight excluding hydrogens is 618 g/mol. The molecule has 6 rings (SSSR count). The van der Waals surface area contributed by atoms with Crippen LogP contribution in [-0.4, -0.2) is 52.9 Å². The van der Waals surface area contributed by atoms with Gasteiger partial charge in [-0.25, -0.2) is 4.21 Å². The van der Waals surface area contributed by atoms with Gasteiger partial charge in [0.2, 0.25) is 5.91 Å². The van der Waals surface area contributed by atoms with Crippen molar-refractivity contribution in [3.8, 4) is 5.75 Å². The van der Waals surface area contributed by atoms with E-state index in [9.17, 15) is 13.8 Å². The maximum atomic E-state index is 13.8. The van der Waals surface area contributed by atoms with E-state index in [0.29, 0.717) is 43.3 Å². The number of benzene rings is 2. The lowest BCUT2D eigenvalue weighted by Crippen LogP contribution is -2.52. The highest BCUT2D eigenvalue weighted by Gasteiger charge is 2.44. The lowest BCUT2D eigenvalue weighted by atomic mass is 9.68. The van der Waals surface area contributed by atoms with E-state index in [1.54, 1.807) is 6.07 Å². The molecule has 2 aromatic rings. The molecule has 0 saturated heterocycles. The normalized spacial score (nSPS) is 31.8. The fraction of sp³-hybridized carbons (Fsp3) is 0.541. The molecule has 6 atom stereocenters. The summed E-state index contributed by atoms with van der Waals surface area (Å²) in [6.07, 6.45) is 11.4.